The smallest absolute Gasteiger partial charge is 0.293 e. The minimum absolute atomic E-state index is 0.00537. The maximum atomic E-state index is 12.7. The Morgan fingerprint density at radius 2 is 1.80 bits per heavy atom. The third-order valence-corrected chi connectivity index (χ3v) is 5.91. The van der Waals surface area contributed by atoms with Crippen LogP contribution >= 0.6 is 23.4 Å². The van der Waals surface area contributed by atoms with Crippen LogP contribution in [0.2, 0.25) is 5.02 Å². The van der Waals surface area contributed by atoms with Crippen LogP contribution in [0.5, 0.6) is 0 Å². The predicted molar refractivity (Wildman–Crippen MR) is 117 cm³/mol. The summed E-state index contributed by atoms with van der Waals surface area (Å²) in [6.45, 7) is 1.63. The number of furan rings is 1. The molecule has 30 heavy (non-hydrogen) atoms. The molecule has 4 rings (SSSR count). The number of benzene rings is 2. The minimum Gasteiger partial charge on any atom is -0.457 e. The molecule has 1 aromatic heterocycles. The predicted octanol–water partition coefficient (Wildman–Crippen LogP) is 6.04. The van der Waals surface area contributed by atoms with E-state index in [4.69, 9.17) is 16.0 Å². The molecule has 150 valence electrons. The second-order valence-electron chi connectivity index (χ2n) is 6.69. The van der Waals surface area contributed by atoms with Crippen LogP contribution in [0.1, 0.15) is 28.6 Å². The topological polar surface area (TPSA) is 67.6 Å². The lowest BCUT2D eigenvalue weighted by molar-refractivity contribution is -0.123. The average Bonchev–Trinajstić information content (AvgIpc) is 3.30. The van der Waals surface area contributed by atoms with E-state index < -0.39 is 0 Å². The summed E-state index contributed by atoms with van der Waals surface area (Å²) in [5.41, 5.74) is 2.14. The molecule has 0 bridgehead atoms. The molecule has 0 spiro atoms. The number of thioether (sulfide) groups is 1. The molecule has 0 aliphatic carbocycles. The molecule has 0 atom stereocenters. The fraction of sp³-hybridized carbons (Fsp3) is 0.0870. The molecular weight excluding hydrogens is 422 g/mol. The number of Topliss-reactive ketones (excluding diaryl/α,β-unsaturated/α-hetero) is 1. The van der Waals surface area contributed by atoms with E-state index in [1.54, 1.807) is 60.7 Å². The van der Waals surface area contributed by atoms with Crippen LogP contribution in [0.15, 0.2) is 70.0 Å². The van der Waals surface area contributed by atoms with Gasteiger partial charge in [0.2, 0.25) is 0 Å². The first kappa shape index (κ1) is 20.2. The molecule has 0 unspecified atom stereocenters. The van der Waals surface area contributed by atoms with Gasteiger partial charge in [0.15, 0.2) is 5.78 Å². The first-order valence-corrected chi connectivity index (χ1v) is 10.3. The molecule has 2 aromatic carbocycles. The number of ketones is 1. The number of amides is 2. The van der Waals surface area contributed by atoms with Gasteiger partial charge in [-0.3, -0.25) is 19.3 Å². The van der Waals surface area contributed by atoms with Crippen molar-refractivity contribution in [3.8, 4) is 11.3 Å². The number of rotatable bonds is 5. The van der Waals surface area contributed by atoms with Crippen molar-refractivity contribution in [2.24, 2.45) is 0 Å². The van der Waals surface area contributed by atoms with E-state index in [1.165, 1.54) is 11.8 Å². The first-order chi connectivity index (χ1) is 14.4. The number of halogens is 1. The fourth-order valence-corrected chi connectivity index (χ4v) is 4.03. The van der Waals surface area contributed by atoms with Crippen molar-refractivity contribution in [1.29, 1.82) is 0 Å². The van der Waals surface area contributed by atoms with Gasteiger partial charge in [-0.1, -0.05) is 54.1 Å². The Hall–Kier alpha value is -3.09. The van der Waals surface area contributed by atoms with Gasteiger partial charge in [-0.25, -0.2) is 0 Å². The van der Waals surface area contributed by atoms with Gasteiger partial charge >= 0.3 is 0 Å². The molecule has 0 N–H and O–H groups in total. The third kappa shape index (κ3) is 4.10. The van der Waals surface area contributed by atoms with E-state index in [0.717, 1.165) is 17.3 Å². The van der Waals surface area contributed by atoms with E-state index >= 15 is 0 Å². The number of carbonyl (C=O) groups is 3. The van der Waals surface area contributed by atoms with E-state index in [0.29, 0.717) is 32.6 Å². The average molecular weight is 438 g/mol. The molecule has 1 saturated heterocycles. The Kier molecular flexibility index (Phi) is 5.61. The van der Waals surface area contributed by atoms with Crippen molar-refractivity contribution < 1.29 is 18.8 Å². The third-order valence-electron chi connectivity index (χ3n) is 4.64. The van der Waals surface area contributed by atoms with Crippen LogP contribution in [-0.4, -0.2) is 21.8 Å². The summed E-state index contributed by atoms with van der Waals surface area (Å²) in [6.07, 6.45) is 1.56. The van der Waals surface area contributed by atoms with Crippen LogP contribution in [0, 0.1) is 0 Å². The fourth-order valence-electron chi connectivity index (χ4n) is 3.02. The summed E-state index contributed by atoms with van der Waals surface area (Å²) < 4.78 is 5.81. The molecule has 5 nitrogen and oxygen atoms in total. The zero-order valence-electron chi connectivity index (χ0n) is 15.9. The van der Waals surface area contributed by atoms with E-state index in [-0.39, 0.29) is 23.5 Å². The van der Waals surface area contributed by atoms with Crippen molar-refractivity contribution in [1.82, 2.24) is 4.90 Å². The lowest BCUT2D eigenvalue weighted by Gasteiger charge is -2.13. The SMILES string of the molecule is CC(=O)c1ccc(-c2ccc(/C=C3/SC(=O)N(Cc4ccccc4Cl)C3=O)o2)cc1. The maximum Gasteiger partial charge on any atom is 0.293 e. The highest BCUT2D eigenvalue weighted by Crippen LogP contribution is 2.35. The van der Waals surface area contributed by atoms with E-state index in [2.05, 4.69) is 0 Å². The normalized spacial score (nSPS) is 15.3. The van der Waals surface area contributed by atoms with Crippen molar-refractivity contribution in [3.63, 3.8) is 0 Å². The van der Waals surface area contributed by atoms with Crippen LogP contribution in [-0.2, 0) is 11.3 Å². The highest BCUT2D eigenvalue weighted by molar-refractivity contribution is 8.18. The highest BCUT2D eigenvalue weighted by Gasteiger charge is 2.35. The van der Waals surface area contributed by atoms with E-state index in [9.17, 15) is 14.4 Å². The van der Waals surface area contributed by atoms with Gasteiger partial charge < -0.3 is 4.42 Å². The van der Waals surface area contributed by atoms with Crippen molar-refractivity contribution in [3.05, 3.63) is 87.5 Å². The van der Waals surface area contributed by atoms with Crippen molar-refractivity contribution >= 4 is 46.4 Å². The Morgan fingerprint density at radius 1 is 1.07 bits per heavy atom. The summed E-state index contributed by atoms with van der Waals surface area (Å²) in [4.78, 5) is 37.9. The number of hydrogen-bond donors (Lipinski definition) is 0. The second kappa shape index (κ2) is 8.34. The number of nitrogens with zero attached hydrogens (tertiary/aromatic N) is 1. The Morgan fingerprint density at radius 3 is 2.50 bits per heavy atom. The molecule has 0 saturated carbocycles. The summed E-state index contributed by atoms with van der Waals surface area (Å²) in [5.74, 6) is 0.679. The lowest BCUT2D eigenvalue weighted by atomic mass is 10.1. The number of hydrogen-bond acceptors (Lipinski definition) is 5. The first-order valence-electron chi connectivity index (χ1n) is 9.12. The molecule has 2 heterocycles. The minimum atomic E-state index is -0.381. The molecule has 3 aromatic rings. The van der Waals surface area contributed by atoms with Gasteiger partial charge in [0.05, 0.1) is 11.4 Å². The maximum absolute atomic E-state index is 12.7. The highest BCUT2D eigenvalue weighted by atomic mass is 35.5. The van der Waals surface area contributed by atoms with E-state index in [1.807, 2.05) is 6.07 Å². The van der Waals surface area contributed by atoms with Gasteiger partial charge in [-0.2, -0.15) is 0 Å². The summed E-state index contributed by atoms with van der Waals surface area (Å²) in [6, 6.07) is 17.7. The molecular formula is C23H16ClNO4S. The second-order valence-corrected chi connectivity index (χ2v) is 8.10. The van der Waals surface area contributed by atoms with Crippen LogP contribution in [0.25, 0.3) is 17.4 Å². The zero-order chi connectivity index (χ0) is 21.3. The molecule has 0 radical (unpaired) electrons. The standard InChI is InChI=1S/C23H16ClNO4S/c1-14(26)15-6-8-16(9-7-15)20-11-10-18(29-20)12-21-22(27)25(23(28)30-21)13-17-4-2-3-5-19(17)24/h2-12H,13H2,1H3/b21-12+. The molecule has 1 aliphatic heterocycles. The molecule has 7 heteroatoms. The Bertz CT molecular complexity index is 1180. The summed E-state index contributed by atoms with van der Waals surface area (Å²) in [5, 5.41) is 0.157. The zero-order valence-corrected chi connectivity index (χ0v) is 17.5. The van der Waals surface area contributed by atoms with Gasteiger partial charge in [0, 0.05) is 22.2 Å². The molecule has 1 aliphatic rings. The molecule has 1 fully saturated rings. The Labute approximate surface area is 182 Å². The van der Waals surface area contributed by atoms with Gasteiger partial charge in [-0.05, 0) is 42.4 Å². The lowest BCUT2D eigenvalue weighted by Crippen LogP contribution is -2.27. The number of imide groups is 1. The van der Waals surface area contributed by atoms with Crippen LogP contribution < -0.4 is 0 Å². The van der Waals surface area contributed by atoms with Crippen LogP contribution in [0.4, 0.5) is 4.79 Å². The summed E-state index contributed by atoms with van der Waals surface area (Å²) >= 11 is 7.02. The van der Waals surface area contributed by atoms with Crippen molar-refractivity contribution in [2.75, 3.05) is 0 Å². The quantitative estimate of drug-likeness (QED) is 0.359. The van der Waals surface area contributed by atoms with Gasteiger partial charge in [0.1, 0.15) is 11.5 Å². The Balaban J connectivity index is 1.53. The largest absolute Gasteiger partial charge is 0.457 e. The monoisotopic (exact) mass is 437 g/mol. The summed E-state index contributed by atoms with van der Waals surface area (Å²) in [7, 11) is 0. The van der Waals surface area contributed by atoms with Gasteiger partial charge in [0.25, 0.3) is 11.1 Å². The van der Waals surface area contributed by atoms with Gasteiger partial charge in [-0.15, -0.1) is 0 Å². The van der Waals surface area contributed by atoms with Crippen LogP contribution in [0.3, 0.4) is 0 Å². The number of carbonyl (C=O) groups excluding carboxylic acids is 3. The van der Waals surface area contributed by atoms with Crippen molar-refractivity contribution in [2.45, 2.75) is 13.5 Å². The molecule has 2 amide bonds.